The highest BCUT2D eigenvalue weighted by atomic mass is 32.2. The van der Waals surface area contributed by atoms with E-state index in [1.54, 1.807) is 6.07 Å². The molecule has 0 unspecified atom stereocenters. The summed E-state index contributed by atoms with van der Waals surface area (Å²) in [5, 5.41) is 5.17. The van der Waals surface area contributed by atoms with Crippen LogP contribution in [0.2, 0.25) is 0 Å². The number of carbonyl (C=O) groups excluding carboxylic acids is 2. The zero-order chi connectivity index (χ0) is 24.6. The van der Waals surface area contributed by atoms with Gasteiger partial charge in [0.05, 0.1) is 34.0 Å². The molecule has 0 radical (unpaired) electrons. The molecule has 35 heavy (non-hydrogen) atoms. The van der Waals surface area contributed by atoms with Crippen molar-refractivity contribution in [3.05, 3.63) is 64.5 Å². The van der Waals surface area contributed by atoms with Gasteiger partial charge in [-0.3, -0.25) is 9.59 Å². The molecule has 0 fully saturated rings. The summed E-state index contributed by atoms with van der Waals surface area (Å²) in [4.78, 5) is 33.9. The number of hydrogen-bond acceptors (Lipinski definition) is 7. The molecule has 7 nitrogen and oxygen atoms in total. The Labute approximate surface area is 213 Å². The van der Waals surface area contributed by atoms with Crippen molar-refractivity contribution >= 4 is 61.6 Å². The van der Waals surface area contributed by atoms with Gasteiger partial charge in [0, 0.05) is 24.1 Å². The Morgan fingerprint density at radius 1 is 1.20 bits per heavy atom. The van der Waals surface area contributed by atoms with Crippen LogP contribution >= 0.6 is 34.4 Å². The van der Waals surface area contributed by atoms with Gasteiger partial charge in [-0.05, 0) is 25.1 Å². The van der Waals surface area contributed by atoms with Gasteiger partial charge in [0.1, 0.15) is 5.82 Å². The van der Waals surface area contributed by atoms with E-state index >= 15 is 0 Å². The Kier molecular flexibility index (Phi) is 8.80. The van der Waals surface area contributed by atoms with Crippen LogP contribution in [-0.2, 0) is 20.9 Å². The molecule has 0 bridgehead atoms. The summed E-state index contributed by atoms with van der Waals surface area (Å²) in [6.45, 7) is 3.44. The summed E-state index contributed by atoms with van der Waals surface area (Å²) >= 11 is 3.78. The van der Waals surface area contributed by atoms with Crippen LogP contribution in [0.25, 0.3) is 21.5 Å². The number of ether oxygens (including phenoxy) is 1. The third-order valence-electron chi connectivity index (χ3n) is 4.81. The number of rotatable bonds is 10. The maximum absolute atomic E-state index is 13.7. The van der Waals surface area contributed by atoms with Crippen molar-refractivity contribution in [1.82, 2.24) is 9.55 Å². The molecule has 2 aromatic heterocycles. The third-order valence-corrected chi connectivity index (χ3v) is 7.52. The molecule has 0 aliphatic carbocycles. The molecule has 2 heterocycles. The van der Waals surface area contributed by atoms with E-state index in [4.69, 9.17) is 4.74 Å². The number of benzene rings is 2. The standard InChI is InChI=1S/C24H23FN4O3S3/c1-2-32-11-10-29-19-9-8-17(25)12-20(19)35-24(29)28-22(31)15-33-14-21(30)27-23-26-18(13-34-23)16-6-4-3-5-7-16/h3-9,12-13H,2,10-11,14-15H2,1H3,(H,26,27,30). The number of anilines is 1. The van der Waals surface area contributed by atoms with Crippen LogP contribution in [0, 0.1) is 5.82 Å². The number of hydrogen-bond donors (Lipinski definition) is 1. The lowest BCUT2D eigenvalue weighted by molar-refractivity contribution is -0.115. The topological polar surface area (TPSA) is 85.6 Å². The molecule has 0 saturated carbocycles. The predicted octanol–water partition coefficient (Wildman–Crippen LogP) is 4.80. The van der Waals surface area contributed by atoms with Crippen LogP contribution in [0.3, 0.4) is 0 Å². The number of thioether (sulfide) groups is 1. The van der Waals surface area contributed by atoms with Crippen LogP contribution in [0.1, 0.15) is 6.92 Å². The van der Waals surface area contributed by atoms with Gasteiger partial charge in [-0.15, -0.1) is 23.1 Å². The lowest BCUT2D eigenvalue weighted by Crippen LogP contribution is -2.20. The molecular formula is C24H23FN4O3S3. The fourth-order valence-electron chi connectivity index (χ4n) is 3.25. The Balaban J connectivity index is 1.35. The fourth-order valence-corrected chi connectivity index (χ4v) is 5.68. The summed E-state index contributed by atoms with van der Waals surface area (Å²) < 4.78 is 21.7. The number of nitrogens with one attached hydrogen (secondary N) is 1. The average molecular weight is 531 g/mol. The molecule has 2 amide bonds. The van der Waals surface area contributed by atoms with Crippen molar-refractivity contribution in [3.8, 4) is 11.3 Å². The van der Waals surface area contributed by atoms with Crippen molar-refractivity contribution in [1.29, 1.82) is 0 Å². The molecular weight excluding hydrogens is 507 g/mol. The molecule has 0 aliphatic heterocycles. The van der Waals surface area contributed by atoms with E-state index in [0.29, 0.717) is 34.4 Å². The highest BCUT2D eigenvalue weighted by Crippen LogP contribution is 2.24. The second kappa shape index (κ2) is 12.2. The second-order valence-electron chi connectivity index (χ2n) is 7.30. The Morgan fingerprint density at radius 3 is 2.83 bits per heavy atom. The molecule has 0 aliphatic rings. The van der Waals surface area contributed by atoms with Gasteiger partial charge >= 0.3 is 0 Å². The maximum Gasteiger partial charge on any atom is 0.258 e. The van der Waals surface area contributed by atoms with E-state index in [-0.39, 0.29) is 29.1 Å². The predicted molar refractivity (Wildman–Crippen MR) is 140 cm³/mol. The van der Waals surface area contributed by atoms with Crippen LogP contribution in [0.5, 0.6) is 0 Å². The average Bonchev–Trinajstić information content (AvgIpc) is 3.44. The summed E-state index contributed by atoms with van der Waals surface area (Å²) in [7, 11) is 0. The van der Waals surface area contributed by atoms with Gasteiger partial charge in [0.2, 0.25) is 5.91 Å². The fraction of sp³-hybridized carbons (Fsp3) is 0.250. The van der Waals surface area contributed by atoms with Crippen LogP contribution < -0.4 is 10.1 Å². The van der Waals surface area contributed by atoms with E-state index in [1.807, 2.05) is 47.2 Å². The molecule has 0 atom stereocenters. The summed E-state index contributed by atoms with van der Waals surface area (Å²) in [5.74, 6) is -0.786. The summed E-state index contributed by atoms with van der Waals surface area (Å²) in [6, 6.07) is 14.2. The molecule has 4 rings (SSSR count). The first-order chi connectivity index (χ1) is 17.0. The molecule has 0 saturated heterocycles. The molecule has 4 aromatic rings. The Hall–Kier alpha value is -2.86. The van der Waals surface area contributed by atoms with E-state index in [2.05, 4.69) is 15.3 Å². The first-order valence-electron chi connectivity index (χ1n) is 10.9. The van der Waals surface area contributed by atoms with Crippen molar-refractivity contribution in [3.63, 3.8) is 0 Å². The summed E-state index contributed by atoms with van der Waals surface area (Å²) in [6.07, 6.45) is 0. The van der Waals surface area contributed by atoms with Crippen LogP contribution in [-0.4, -0.2) is 46.1 Å². The van der Waals surface area contributed by atoms with E-state index in [0.717, 1.165) is 16.8 Å². The van der Waals surface area contributed by atoms with Crippen LogP contribution in [0.4, 0.5) is 9.52 Å². The zero-order valence-corrected chi connectivity index (χ0v) is 21.4. The van der Waals surface area contributed by atoms with E-state index in [9.17, 15) is 14.0 Å². The third kappa shape index (κ3) is 6.85. The maximum atomic E-state index is 13.7. The number of aromatic nitrogens is 2. The van der Waals surface area contributed by atoms with Gasteiger partial charge in [-0.1, -0.05) is 41.7 Å². The van der Waals surface area contributed by atoms with Crippen molar-refractivity contribution in [2.24, 2.45) is 4.99 Å². The number of nitrogens with zero attached hydrogens (tertiary/aromatic N) is 3. The SMILES string of the molecule is CCOCCn1c(=NC(=O)CSCC(=O)Nc2nc(-c3ccccc3)cs2)sc2cc(F)ccc21. The second-order valence-corrected chi connectivity index (χ2v) is 10.1. The monoisotopic (exact) mass is 530 g/mol. The van der Waals surface area contributed by atoms with Crippen molar-refractivity contribution in [2.75, 3.05) is 30.0 Å². The first kappa shape index (κ1) is 25.2. The molecule has 0 spiro atoms. The normalized spacial score (nSPS) is 11.8. The highest BCUT2D eigenvalue weighted by Gasteiger charge is 2.11. The van der Waals surface area contributed by atoms with Gasteiger partial charge in [0.25, 0.3) is 5.91 Å². The number of halogens is 1. The molecule has 1 N–H and O–H groups in total. The van der Waals surface area contributed by atoms with Gasteiger partial charge in [0.15, 0.2) is 9.93 Å². The number of fused-ring (bicyclic) bond motifs is 1. The molecule has 2 aromatic carbocycles. The van der Waals surface area contributed by atoms with Gasteiger partial charge in [-0.2, -0.15) is 4.99 Å². The van der Waals surface area contributed by atoms with Crippen molar-refractivity contribution in [2.45, 2.75) is 13.5 Å². The minimum atomic E-state index is -0.361. The minimum absolute atomic E-state index is 0.0502. The van der Waals surface area contributed by atoms with Crippen LogP contribution in [0.15, 0.2) is 58.9 Å². The highest BCUT2D eigenvalue weighted by molar-refractivity contribution is 8.00. The molecule has 182 valence electrons. The smallest absolute Gasteiger partial charge is 0.258 e. The largest absolute Gasteiger partial charge is 0.380 e. The lowest BCUT2D eigenvalue weighted by atomic mass is 10.2. The number of carbonyl (C=O) groups is 2. The molecule has 11 heteroatoms. The van der Waals surface area contributed by atoms with Gasteiger partial charge < -0.3 is 14.6 Å². The lowest BCUT2D eigenvalue weighted by Gasteiger charge is -2.05. The first-order valence-corrected chi connectivity index (χ1v) is 13.7. The number of thiazole rings is 2. The zero-order valence-electron chi connectivity index (χ0n) is 18.9. The van der Waals surface area contributed by atoms with E-state index < -0.39 is 0 Å². The Bertz CT molecular complexity index is 1380. The minimum Gasteiger partial charge on any atom is -0.380 e. The Morgan fingerprint density at radius 2 is 2.03 bits per heavy atom. The quantitative estimate of drug-likeness (QED) is 0.298. The number of amides is 2. The van der Waals surface area contributed by atoms with Crippen molar-refractivity contribution < 1.29 is 18.7 Å². The van der Waals surface area contributed by atoms with E-state index in [1.165, 1.54) is 46.6 Å². The van der Waals surface area contributed by atoms with Gasteiger partial charge in [-0.25, -0.2) is 9.37 Å². The summed E-state index contributed by atoms with van der Waals surface area (Å²) in [5.41, 5.74) is 2.58.